The smallest absolute Gasteiger partial charge is 0.292 e. The fraction of sp³-hybridized carbons (Fsp3) is 0. The van der Waals surface area contributed by atoms with Gasteiger partial charge in [0.2, 0.25) is 0 Å². The Bertz CT molecular complexity index is 688. The molecule has 1 amide bonds. The number of halogens is 1. The Balaban J connectivity index is 2.22. The van der Waals surface area contributed by atoms with Gasteiger partial charge in [-0.3, -0.25) is 14.9 Å². The van der Waals surface area contributed by atoms with E-state index in [1.54, 1.807) is 6.07 Å². The molecular formula is C13H10IN3O3. The highest BCUT2D eigenvalue weighted by Crippen LogP contribution is 2.22. The first-order valence-corrected chi connectivity index (χ1v) is 6.66. The summed E-state index contributed by atoms with van der Waals surface area (Å²) in [7, 11) is 0. The van der Waals surface area contributed by atoms with Crippen molar-refractivity contribution in [2.45, 2.75) is 0 Å². The van der Waals surface area contributed by atoms with Crippen LogP contribution < -0.4 is 11.1 Å². The number of carbonyl (C=O) groups excluding carboxylic acids is 1. The zero-order valence-corrected chi connectivity index (χ0v) is 12.3. The first-order valence-electron chi connectivity index (χ1n) is 5.58. The lowest BCUT2D eigenvalue weighted by atomic mass is 10.1. The van der Waals surface area contributed by atoms with Crippen molar-refractivity contribution in [1.82, 2.24) is 0 Å². The van der Waals surface area contributed by atoms with Crippen LogP contribution in [0, 0.1) is 13.7 Å². The maximum Gasteiger partial charge on any atom is 0.292 e. The molecule has 0 radical (unpaired) electrons. The number of anilines is 2. The molecule has 0 saturated carbocycles. The molecule has 6 nitrogen and oxygen atoms in total. The number of nitrogens with two attached hydrogens (primary N) is 1. The number of nitrogens with one attached hydrogen (secondary N) is 1. The number of hydrogen-bond acceptors (Lipinski definition) is 4. The summed E-state index contributed by atoms with van der Waals surface area (Å²) in [4.78, 5) is 22.1. The molecule has 20 heavy (non-hydrogen) atoms. The van der Waals surface area contributed by atoms with Crippen LogP contribution in [0.2, 0.25) is 0 Å². The summed E-state index contributed by atoms with van der Waals surface area (Å²) in [6.45, 7) is 0. The van der Waals surface area contributed by atoms with E-state index < -0.39 is 4.92 Å². The molecule has 0 fully saturated rings. The fourth-order valence-corrected chi connectivity index (χ4v) is 2.17. The Kier molecular flexibility index (Phi) is 4.18. The number of hydrogen-bond donors (Lipinski definition) is 2. The van der Waals surface area contributed by atoms with Gasteiger partial charge in [-0.15, -0.1) is 0 Å². The maximum atomic E-state index is 12.0. The summed E-state index contributed by atoms with van der Waals surface area (Å²) in [6.07, 6.45) is 0. The molecule has 0 spiro atoms. The summed E-state index contributed by atoms with van der Waals surface area (Å²) in [6, 6.07) is 11.2. The molecule has 0 saturated heterocycles. The molecule has 0 aliphatic rings. The molecule has 0 bridgehead atoms. The largest absolute Gasteiger partial charge is 0.393 e. The minimum Gasteiger partial charge on any atom is -0.393 e. The molecule has 102 valence electrons. The van der Waals surface area contributed by atoms with E-state index in [0.29, 0.717) is 5.69 Å². The third-order valence-corrected chi connectivity index (χ3v) is 3.24. The lowest BCUT2D eigenvalue weighted by Crippen LogP contribution is -2.12. The van der Waals surface area contributed by atoms with Crippen LogP contribution in [0.3, 0.4) is 0 Å². The molecule has 3 N–H and O–H groups in total. The molecule has 0 aliphatic carbocycles. The first kappa shape index (κ1) is 14.3. The van der Waals surface area contributed by atoms with E-state index in [0.717, 1.165) is 3.57 Å². The van der Waals surface area contributed by atoms with Crippen LogP contribution in [0.25, 0.3) is 0 Å². The van der Waals surface area contributed by atoms with E-state index in [1.165, 1.54) is 18.2 Å². The number of nitro groups is 1. The number of carbonyl (C=O) groups is 1. The van der Waals surface area contributed by atoms with Gasteiger partial charge in [-0.25, -0.2) is 0 Å². The second-order valence-electron chi connectivity index (χ2n) is 4.00. The standard InChI is InChI=1S/C13H10IN3O3/c14-9-2-1-3-10(7-9)16-13(18)8-4-5-12(17(19)20)11(15)6-8/h1-7H,15H2,(H,16,18). The lowest BCUT2D eigenvalue weighted by Gasteiger charge is -2.06. The van der Waals surface area contributed by atoms with Crippen LogP contribution in [0.15, 0.2) is 42.5 Å². The van der Waals surface area contributed by atoms with Gasteiger partial charge in [0, 0.05) is 20.9 Å². The lowest BCUT2D eigenvalue weighted by molar-refractivity contribution is -0.383. The Labute approximate surface area is 128 Å². The number of nitrogens with zero attached hydrogens (tertiary/aromatic N) is 1. The van der Waals surface area contributed by atoms with E-state index >= 15 is 0 Å². The number of benzene rings is 2. The van der Waals surface area contributed by atoms with Gasteiger partial charge < -0.3 is 11.1 Å². The van der Waals surface area contributed by atoms with Gasteiger partial charge in [-0.2, -0.15) is 0 Å². The number of nitro benzene ring substituents is 1. The summed E-state index contributed by atoms with van der Waals surface area (Å²) >= 11 is 2.14. The molecule has 0 atom stereocenters. The van der Waals surface area contributed by atoms with Crippen molar-refractivity contribution in [3.8, 4) is 0 Å². The quantitative estimate of drug-likeness (QED) is 0.368. The Morgan fingerprint density at radius 1 is 1.25 bits per heavy atom. The van der Waals surface area contributed by atoms with Crippen LogP contribution in [-0.4, -0.2) is 10.8 Å². The average molecular weight is 383 g/mol. The van der Waals surface area contributed by atoms with Crippen LogP contribution in [0.5, 0.6) is 0 Å². The van der Waals surface area contributed by atoms with Crippen molar-refractivity contribution in [3.63, 3.8) is 0 Å². The van der Waals surface area contributed by atoms with Crippen LogP contribution in [0.4, 0.5) is 17.1 Å². The molecule has 0 aliphatic heterocycles. The van der Waals surface area contributed by atoms with Crippen molar-refractivity contribution < 1.29 is 9.72 Å². The van der Waals surface area contributed by atoms with E-state index in [2.05, 4.69) is 27.9 Å². The highest BCUT2D eigenvalue weighted by atomic mass is 127. The minimum absolute atomic E-state index is 0.0368. The predicted molar refractivity (Wildman–Crippen MR) is 84.6 cm³/mol. The zero-order valence-electron chi connectivity index (χ0n) is 10.2. The van der Waals surface area contributed by atoms with Crippen molar-refractivity contribution >= 4 is 45.6 Å². The van der Waals surface area contributed by atoms with E-state index in [1.807, 2.05) is 18.2 Å². The Morgan fingerprint density at radius 2 is 2.00 bits per heavy atom. The van der Waals surface area contributed by atoms with Crippen LogP contribution >= 0.6 is 22.6 Å². The van der Waals surface area contributed by atoms with Gasteiger partial charge in [0.15, 0.2) is 0 Å². The molecule has 2 aromatic rings. The molecule has 0 heterocycles. The zero-order chi connectivity index (χ0) is 14.7. The third-order valence-electron chi connectivity index (χ3n) is 2.57. The van der Waals surface area contributed by atoms with E-state index in [9.17, 15) is 14.9 Å². The van der Waals surface area contributed by atoms with Gasteiger partial charge >= 0.3 is 0 Å². The van der Waals surface area contributed by atoms with E-state index in [-0.39, 0.29) is 22.8 Å². The first-order chi connectivity index (χ1) is 9.47. The highest BCUT2D eigenvalue weighted by molar-refractivity contribution is 14.1. The summed E-state index contributed by atoms with van der Waals surface area (Å²) in [5.74, 6) is -0.367. The van der Waals surface area contributed by atoms with E-state index in [4.69, 9.17) is 5.73 Å². The summed E-state index contributed by atoms with van der Waals surface area (Å²) in [5.41, 5.74) is 6.23. The molecule has 0 unspecified atom stereocenters. The molecule has 2 rings (SSSR count). The molecule has 2 aromatic carbocycles. The van der Waals surface area contributed by atoms with Crippen molar-refractivity contribution in [1.29, 1.82) is 0 Å². The average Bonchev–Trinajstić information content (AvgIpc) is 2.38. The maximum absolute atomic E-state index is 12.0. The SMILES string of the molecule is Nc1cc(C(=O)Nc2cccc(I)c2)ccc1[N+](=O)[O-]. The second-order valence-corrected chi connectivity index (χ2v) is 5.24. The summed E-state index contributed by atoms with van der Waals surface area (Å²) in [5, 5.41) is 13.4. The summed E-state index contributed by atoms with van der Waals surface area (Å²) < 4.78 is 0.989. The monoisotopic (exact) mass is 383 g/mol. The highest BCUT2D eigenvalue weighted by Gasteiger charge is 2.14. The second kappa shape index (κ2) is 5.87. The number of rotatable bonds is 3. The number of amides is 1. The van der Waals surface area contributed by atoms with Crippen LogP contribution in [-0.2, 0) is 0 Å². The van der Waals surface area contributed by atoms with Gasteiger partial charge in [-0.05, 0) is 52.9 Å². The van der Waals surface area contributed by atoms with Gasteiger partial charge in [0.05, 0.1) is 4.92 Å². The molecular weight excluding hydrogens is 373 g/mol. The number of nitrogen functional groups attached to an aromatic ring is 1. The van der Waals surface area contributed by atoms with Crippen LogP contribution in [0.1, 0.15) is 10.4 Å². The normalized spacial score (nSPS) is 10.1. The Hall–Kier alpha value is -2.16. The van der Waals surface area contributed by atoms with Crippen molar-refractivity contribution in [2.75, 3.05) is 11.1 Å². The minimum atomic E-state index is -0.587. The van der Waals surface area contributed by atoms with Crippen molar-refractivity contribution in [2.24, 2.45) is 0 Å². The molecule has 7 heteroatoms. The predicted octanol–water partition coefficient (Wildman–Crippen LogP) is 3.03. The Morgan fingerprint density at radius 3 is 2.60 bits per heavy atom. The van der Waals surface area contributed by atoms with Gasteiger partial charge in [-0.1, -0.05) is 6.07 Å². The molecule has 0 aromatic heterocycles. The van der Waals surface area contributed by atoms with Crippen molar-refractivity contribution in [3.05, 3.63) is 61.7 Å². The fourth-order valence-electron chi connectivity index (χ4n) is 1.63. The van der Waals surface area contributed by atoms with Gasteiger partial charge in [0.25, 0.3) is 11.6 Å². The third kappa shape index (κ3) is 3.23. The van der Waals surface area contributed by atoms with Gasteiger partial charge in [0.1, 0.15) is 5.69 Å². The topological polar surface area (TPSA) is 98.3 Å².